The number of aryl methyl sites for hydroxylation is 1. The van der Waals surface area contributed by atoms with E-state index in [2.05, 4.69) is 5.32 Å². The van der Waals surface area contributed by atoms with Gasteiger partial charge in [-0.2, -0.15) is 0 Å². The first-order valence-corrected chi connectivity index (χ1v) is 4.76. The number of carbonyl (C=O) groups excluding carboxylic acids is 1. The zero-order valence-corrected chi connectivity index (χ0v) is 8.53. The highest BCUT2D eigenvalue weighted by Crippen LogP contribution is 2.02. The van der Waals surface area contributed by atoms with Crippen LogP contribution in [-0.2, 0) is 6.54 Å². The Bertz CT molecular complexity index is 307. The van der Waals surface area contributed by atoms with Crippen molar-refractivity contribution in [2.45, 2.75) is 26.4 Å². The fourth-order valence-corrected chi connectivity index (χ4v) is 1.24. The van der Waals surface area contributed by atoms with Crippen LogP contribution in [0.1, 0.15) is 24.3 Å². The van der Waals surface area contributed by atoms with Gasteiger partial charge in [-0.15, -0.1) is 0 Å². The van der Waals surface area contributed by atoms with Gasteiger partial charge in [0.15, 0.2) is 0 Å². The molecule has 0 aromatic carbocycles. The lowest BCUT2D eigenvalue weighted by molar-refractivity contribution is 0.0913. The molecule has 1 atom stereocenters. The summed E-state index contributed by atoms with van der Waals surface area (Å²) in [5.74, 6) is -0.140. The predicted molar refractivity (Wildman–Crippen MR) is 54.1 cm³/mol. The Morgan fingerprint density at radius 3 is 3.00 bits per heavy atom. The Morgan fingerprint density at radius 2 is 2.43 bits per heavy atom. The van der Waals surface area contributed by atoms with E-state index in [-0.39, 0.29) is 18.6 Å². The summed E-state index contributed by atoms with van der Waals surface area (Å²) in [6.45, 7) is 4.46. The van der Waals surface area contributed by atoms with Gasteiger partial charge in [-0.25, -0.2) is 0 Å². The molecule has 0 aliphatic heterocycles. The van der Waals surface area contributed by atoms with Crippen LogP contribution in [0.2, 0.25) is 0 Å². The SMILES string of the molecule is CCn1cccc1C(=O)NC(C)CO. The molecule has 1 amide bonds. The van der Waals surface area contributed by atoms with Crippen LogP contribution in [-0.4, -0.2) is 28.2 Å². The summed E-state index contributed by atoms with van der Waals surface area (Å²) in [6, 6.07) is 3.40. The summed E-state index contributed by atoms with van der Waals surface area (Å²) in [5, 5.41) is 11.5. The first-order chi connectivity index (χ1) is 6.69. The molecule has 1 aromatic heterocycles. The van der Waals surface area contributed by atoms with Gasteiger partial charge in [0.05, 0.1) is 6.61 Å². The van der Waals surface area contributed by atoms with E-state index < -0.39 is 0 Å². The first-order valence-electron chi connectivity index (χ1n) is 4.76. The van der Waals surface area contributed by atoms with Crippen molar-refractivity contribution in [1.82, 2.24) is 9.88 Å². The fourth-order valence-electron chi connectivity index (χ4n) is 1.24. The van der Waals surface area contributed by atoms with Gasteiger partial charge in [0.2, 0.25) is 0 Å². The molecule has 1 rings (SSSR count). The number of aliphatic hydroxyl groups is 1. The molecule has 0 saturated heterocycles. The minimum absolute atomic E-state index is 0.0431. The summed E-state index contributed by atoms with van der Waals surface area (Å²) in [5.41, 5.74) is 0.632. The molecule has 4 nitrogen and oxygen atoms in total. The van der Waals surface area contributed by atoms with Gasteiger partial charge in [-0.3, -0.25) is 4.79 Å². The molecule has 1 aromatic rings. The molecule has 4 heteroatoms. The van der Waals surface area contributed by atoms with Crippen molar-refractivity contribution >= 4 is 5.91 Å². The van der Waals surface area contributed by atoms with Crippen LogP contribution in [0.3, 0.4) is 0 Å². The van der Waals surface area contributed by atoms with Gasteiger partial charge in [-0.1, -0.05) is 0 Å². The molecular formula is C10H16N2O2. The highest BCUT2D eigenvalue weighted by atomic mass is 16.3. The van der Waals surface area contributed by atoms with Crippen molar-refractivity contribution in [2.75, 3.05) is 6.61 Å². The average Bonchev–Trinajstić information content (AvgIpc) is 2.65. The van der Waals surface area contributed by atoms with Crippen LogP contribution in [0.5, 0.6) is 0 Å². The maximum Gasteiger partial charge on any atom is 0.268 e. The third-order valence-corrected chi connectivity index (χ3v) is 2.05. The lowest BCUT2D eigenvalue weighted by Gasteiger charge is -2.11. The average molecular weight is 196 g/mol. The van der Waals surface area contributed by atoms with Crippen molar-refractivity contribution in [1.29, 1.82) is 0 Å². The number of aromatic nitrogens is 1. The zero-order chi connectivity index (χ0) is 10.6. The van der Waals surface area contributed by atoms with Crippen LogP contribution < -0.4 is 5.32 Å². The van der Waals surface area contributed by atoms with Crippen molar-refractivity contribution in [3.8, 4) is 0 Å². The number of amides is 1. The predicted octanol–water partition coefficient (Wildman–Crippen LogP) is 0.619. The summed E-state index contributed by atoms with van der Waals surface area (Å²) in [6.07, 6.45) is 1.86. The fraction of sp³-hybridized carbons (Fsp3) is 0.500. The quantitative estimate of drug-likeness (QED) is 0.741. The Kier molecular flexibility index (Phi) is 3.71. The number of hydrogen-bond donors (Lipinski definition) is 2. The molecule has 0 aliphatic carbocycles. The summed E-state index contributed by atoms with van der Waals surface area (Å²) in [4.78, 5) is 11.6. The second kappa shape index (κ2) is 4.81. The van der Waals surface area contributed by atoms with E-state index in [9.17, 15) is 4.79 Å². The molecule has 78 valence electrons. The van der Waals surface area contributed by atoms with Crippen molar-refractivity contribution < 1.29 is 9.90 Å². The van der Waals surface area contributed by atoms with Crippen LogP contribution in [0.15, 0.2) is 18.3 Å². The third-order valence-electron chi connectivity index (χ3n) is 2.05. The Hall–Kier alpha value is -1.29. The minimum Gasteiger partial charge on any atom is -0.394 e. The van der Waals surface area contributed by atoms with E-state index in [0.717, 1.165) is 6.54 Å². The largest absolute Gasteiger partial charge is 0.394 e. The number of nitrogens with one attached hydrogen (secondary N) is 1. The van der Waals surface area contributed by atoms with Gasteiger partial charge < -0.3 is 15.0 Å². The van der Waals surface area contributed by atoms with E-state index in [1.165, 1.54) is 0 Å². The standard InChI is InChI=1S/C10H16N2O2/c1-3-12-6-4-5-9(12)10(14)11-8(2)7-13/h4-6,8,13H,3,7H2,1-2H3,(H,11,14). The van der Waals surface area contributed by atoms with Gasteiger partial charge >= 0.3 is 0 Å². The van der Waals surface area contributed by atoms with Gasteiger partial charge in [0.1, 0.15) is 5.69 Å². The first kappa shape index (κ1) is 10.8. The van der Waals surface area contributed by atoms with Crippen LogP contribution in [0.4, 0.5) is 0 Å². The number of hydrogen-bond acceptors (Lipinski definition) is 2. The monoisotopic (exact) mass is 196 g/mol. The molecule has 0 aliphatic rings. The van der Waals surface area contributed by atoms with Crippen LogP contribution in [0, 0.1) is 0 Å². The maximum atomic E-state index is 11.6. The topological polar surface area (TPSA) is 54.3 Å². The summed E-state index contributed by atoms with van der Waals surface area (Å²) < 4.78 is 1.86. The number of nitrogens with zero attached hydrogens (tertiary/aromatic N) is 1. The second-order valence-electron chi connectivity index (χ2n) is 3.24. The molecule has 0 fully saturated rings. The van der Waals surface area contributed by atoms with E-state index in [1.54, 1.807) is 13.0 Å². The maximum absolute atomic E-state index is 11.6. The van der Waals surface area contributed by atoms with Crippen molar-refractivity contribution in [3.63, 3.8) is 0 Å². The number of carbonyl (C=O) groups is 1. The Labute approximate surface area is 83.5 Å². The molecule has 14 heavy (non-hydrogen) atoms. The van der Waals surface area contributed by atoms with Crippen LogP contribution in [0.25, 0.3) is 0 Å². The van der Waals surface area contributed by atoms with Gasteiger partial charge in [0.25, 0.3) is 5.91 Å². The van der Waals surface area contributed by atoms with E-state index in [0.29, 0.717) is 5.69 Å². The number of aliphatic hydroxyl groups excluding tert-OH is 1. The third kappa shape index (κ3) is 2.35. The van der Waals surface area contributed by atoms with Gasteiger partial charge in [0, 0.05) is 18.8 Å². The van der Waals surface area contributed by atoms with E-state index >= 15 is 0 Å². The molecular weight excluding hydrogens is 180 g/mol. The molecule has 1 unspecified atom stereocenters. The summed E-state index contributed by atoms with van der Waals surface area (Å²) >= 11 is 0. The second-order valence-corrected chi connectivity index (χ2v) is 3.24. The smallest absolute Gasteiger partial charge is 0.268 e. The van der Waals surface area contributed by atoms with E-state index in [4.69, 9.17) is 5.11 Å². The van der Waals surface area contributed by atoms with Crippen LogP contribution >= 0.6 is 0 Å². The normalized spacial score (nSPS) is 12.5. The lowest BCUT2D eigenvalue weighted by atomic mass is 10.3. The molecule has 0 saturated carbocycles. The van der Waals surface area contributed by atoms with Crippen molar-refractivity contribution in [3.05, 3.63) is 24.0 Å². The Balaban J connectivity index is 2.69. The number of rotatable bonds is 4. The highest BCUT2D eigenvalue weighted by molar-refractivity contribution is 5.92. The summed E-state index contributed by atoms with van der Waals surface area (Å²) in [7, 11) is 0. The van der Waals surface area contributed by atoms with Gasteiger partial charge in [-0.05, 0) is 26.0 Å². The minimum atomic E-state index is -0.206. The highest BCUT2D eigenvalue weighted by Gasteiger charge is 2.11. The molecule has 0 radical (unpaired) electrons. The molecule has 2 N–H and O–H groups in total. The van der Waals surface area contributed by atoms with E-state index in [1.807, 2.05) is 23.8 Å². The zero-order valence-electron chi connectivity index (χ0n) is 8.53. The lowest BCUT2D eigenvalue weighted by Crippen LogP contribution is -2.36. The Morgan fingerprint density at radius 1 is 1.71 bits per heavy atom. The molecule has 1 heterocycles. The molecule has 0 bridgehead atoms. The molecule has 0 spiro atoms. The van der Waals surface area contributed by atoms with Crippen molar-refractivity contribution in [2.24, 2.45) is 0 Å².